The molecule has 0 aliphatic heterocycles. The average Bonchev–Trinajstić information content (AvgIpc) is 2.10. The van der Waals surface area contributed by atoms with Crippen LogP contribution >= 0.6 is 0 Å². The zero-order valence-electron chi connectivity index (χ0n) is 6.87. The molecule has 0 aromatic carbocycles. The summed E-state index contributed by atoms with van der Waals surface area (Å²) in [6.07, 6.45) is 0. The Morgan fingerprint density at radius 1 is 1.77 bits per heavy atom. The molecule has 0 fully saturated rings. The number of esters is 1. The van der Waals surface area contributed by atoms with Gasteiger partial charge in [0.2, 0.25) is 0 Å². The molecule has 4 nitrogen and oxygen atoms in total. The number of methoxy groups -OCH3 is 1. The van der Waals surface area contributed by atoms with E-state index in [-0.39, 0.29) is 17.0 Å². The van der Waals surface area contributed by atoms with Crippen molar-refractivity contribution in [1.29, 1.82) is 0 Å². The standard InChI is InChI=1S/C7H6BFN2O2/c1-13-7(12)5-4(10)2-3(9)6(8)11-5/h2H,10H2,1H3. The Bertz CT molecular complexity index is 357. The van der Waals surface area contributed by atoms with Crippen molar-refractivity contribution in [2.75, 3.05) is 12.8 Å². The van der Waals surface area contributed by atoms with E-state index in [4.69, 9.17) is 13.6 Å². The third kappa shape index (κ3) is 1.77. The van der Waals surface area contributed by atoms with Crippen LogP contribution in [0, 0.1) is 5.82 Å². The first kappa shape index (κ1) is 9.50. The number of nitrogens with zero attached hydrogens (tertiary/aromatic N) is 1. The monoisotopic (exact) mass is 180 g/mol. The summed E-state index contributed by atoms with van der Waals surface area (Å²) in [6.45, 7) is 0. The highest BCUT2D eigenvalue weighted by atomic mass is 19.1. The van der Waals surface area contributed by atoms with E-state index in [1.165, 1.54) is 7.11 Å². The summed E-state index contributed by atoms with van der Waals surface area (Å²) in [4.78, 5) is 14.4. The number of nitrogens with two attached hydrogens (primary N) is 1. The predicted molar refractivity (Wildman–Crippen MR) is 45.3 cm³/mol. The van der Waals surface area contributed by atoms with E-state index in [1.807, 2.05) is 0 Å². The second-order valence-corrected chi connectivity index (χ2v) is 2.28. The molecule has 0 aliphatic rings. The maximum atomic E-state index is 12.7. The van der Waals surface area contributed by atoms with Gasteiger partial charge in [-0.1, -0.05) is 0 Å². The van der Waals surface area contributed by atoms with Gasteiger partial charge in [0, 0.05) is 11.7 Å². The fraction of sp³-hybridized carbons (Fsp3) is 0.143. The molecule has 13 heavy (non-hydrogen) atoms. The lowest BCUT2D eigenvalue weighted by Crippen LogP contribution is -2.20. The third-order valence-corrected chi connectivity index (χ3v) is 1.41. The largest absolute Gasteiger partial charge is 0.464 e. The molecule has 1 aromatic rings. The third-order valence-electron chi connectivity index (χ3n) is 1.41. The number of hydrogen-bond acceptors (Lipinski definition) is 4. The minimum Gasteiger partial charge on any atom is -0.464 e. The zero-order valence-corrected chi connectivity index (χ0v) is 6.87. The van der Waals surface area contributed by atoms with Crippen molar-refractivity contribution < 1.29 is 13.9 Å². The van der Waals surface area contributed by atoms with Gasteiger partial charge < -0.3 is 10.5 Å². The first-order chi connectivity index (χ1) is 6.06. The molecule has 1 heterocycles. The van der Waals surface area contributed by atoms with Gasteiger partial charge >= 0.3 is 5.97 Å². The Hall–Kier alpha value is -1.59. The Kier molecular flexibility index (Phi) is 2.50. The van der Waals surface area contributed by atoms with Gasteiger partial charge in [0.05, 0.1) is 12.8 Å². The number of pyridine rings is 1. The molecule has 1 rings (SSSR count). The normalized spacial score (nSPS) is 9.69. The number of halogens is 1. The van der Waals surface area contributed by atoms with E-state index in [1.54, 1.807) is 0 Å². The molecular weight excluding hydrogens is 174 g/mol. The highest BCUT2D eigenvalue weighted by Crippen LogP contribution is 2.09. The van der Waals surface area contributed by atoms with Gasteiger partial charge in [-0.05, 0) is 0 Å². The van der Waals surface area contributed by atoms with E-state index in [9.17, 15) is 9.18 Å². The van der Waals surface area contributed by atoms with Crippen molar-refractivity contribution in [3.05, 3.63) is 17.6 Å². The number of anilines is 1. The van der Waals surface area contributed by atoms with Crippen molar-refractivity contribution in [3.63, 3.8) is 0 Å². The second-order valence-electron chi connectivity index (χ2n) is 2.28. The Morgan fingerprint density at radius 2 is 2.38 bits per heavy atom. The van der Waals surface area contributed by atoms with Crippen LogP contribution in [0.4, 0.5) is 10.1 Å². The number of nitrogen functional groups attached to an aromatic ring is 1. The lowest BCUT2D eigenvalue weighted by atomic mass is 10.0. The maximum absolute atomic E-state index is 12.7. The van der Waals surface area contributed by atoms with E-state index >= 15 is 0 Å². The first-order valence-corrected chi connectivity index (χ1v) is 3.36. The van der Waals surface area contributed by atoms with Gasteiger partial charge in [0.15, 0.2) is 5.69 Å². The zero-order chi connectivity index (χ0) is 10.0. The maximum Gasteiger partial charge on any atom is 0.358 e. The molecule has 0 aliphatic carbocycles. The van der Waals surface area contributed by atoms with Gasteiger partial charge in [0.1, 0.15) is 13.7 Å². The van der Waals surface area contributed by atoms with Crippen LogP contribution in [-0.2, 0) is 4.74 Å². The van der Waals surface area contributed by atoms with Crippen LogP contribution in [0.15, 0.2) is 6.07 Å². The van der Waals surface area contributed by atoms with Gasteiger partial charge in [-0.2, -0.15) is 0 Å². The summed E-state index contributed by atoms with van der Waals surface area (Å²) in [7, 11) is 6.30. The topological polar surface area (TPSA) is 65.2 Å². The summed E-state index contributed by atoms with van der Waals surface area (Å²) in [5.74, 6) is -1.51. The minimum absolute atomic E-state index is 0.0986. The molecule has 1 aromatic heterocycles. The van der Waals surface area contributed by atoms with Crippen molar-refractivity contribution in [1.82, 2.24) is 4.98 Å². The summed E-state index contributed by atoms with van der Waals surface area (Å²) >= 11 is 0. The lowest BCUT2D eigenvalue weighted by Gasteiger charge is -2.04. The Balaban J connectivity index is 3.23. The molecule has 0 bridgehead atoms. The van der Waals surface area contributed by atoms with Crippen LogP contribution in [0.5, 0.6) is 0 Å². The molecule has 66 valence electrons. The highest BCUT2D eigenvalue weighted by Gasteiger charge is 2.13. The van der Waals surface area contributed by atoms with E-state index in [0.717, 1.165) is 6.07 Å². The molecule has 2 N–H and O–H groups in total. The Morgan fingerprint density at radius 3 is 2.92 bits per heavy atom. The summed E-state index contributed by atoms with van der Waals surface area (Å²) in [6, 6.07) is 0.925. The van der Waals surface area contributed by atoms with E-state index in [0.29, 0.717) is 0 Å². The smallest absolute Gasteiger partial charge is 0.358 e. The molecular formula is C7H6BFN2O2. The van der Waals surface area contributed by atoms with Crippen LogP contribution in [0.3, 0.4) is 0 Å². The molecule has 0 unspecified atom stereocenters. The van der Waals surface area contributed by atoms with Gasteiger partial charge in [-0.25, -0.2) is 9.18 Å². The molecule has 0 amide bonds. The second kappa shape index (κ2) is 3.43. The minimum atomic E-state index is -0.759. The quantitative estimate of drug-likeness (QED) is 0.462. The number of hydrogen-bond donors (Lipinski definition) is 1. The van der Waals surface area contributed by atoms with Crippen LogP contribution in [0.2, 0.25) is 0 Å². The number of aromatic nitrogens is 1. The Labute approximate surface area is 75.3 Å². The van der Waals surface area contributed by atoms with Crippen LogP contribution in [-0.4, -0.2) is 25.9 Å². The van der Waals surface area contributed by atoms with E-state index < -0.39 is 11.8 Å². The first-order valence-electron chi connectivity index (χ1n) is 3.36. The fourth-order valence-corrected chi connectivity index (χ4v) is 0.777. The highest BCUT2D eigenvalue weighted by molar-refractivity contribution is 6.31. The molecule has 2 radical (unpaired) electrons. The van der Waals surface area contributed by atoms with Gasteiger partial charge in [-0.15, -0.1) is 0 Å². The fourth-order valence-electron chi connectivity index (χ4n) is 0.777. The molecule has 0 saturated heterocycles. The number of carbonyl (C=O) groups is 1. The van der Waals surface area contributed by atoms with Crippen molar-refractivity contribution in [2.24, 2.45) is 0 Å². The van der Waals surface area contributed by atoms with Crippen molar-refractivity contribution >= 4 is 25.1 Å². The number of rotatable bonds is 1. The molecule has 0 saturated carbocycles. The summed E-state index contributed by atoms with van der Waals surface area (Å²) in [5, 5.41) is 0. The van der Waals surface area contributed by atoms with Crippen LogP contribution < -0.4 is 11.3 Å². The van der Waals surface area contributed by atoms with Crippen molar-refractivity contribution in [2.45, 2.75) is 0 Å². The summed E-state index contributed by atoms with van der Waals surface area (Å²) < 4.78 is 17.1. The van der Waals surface area contributed by atoms with Crippen LogP contribution in [0.1, 0.15) is 10.5 Å². The predicted octanol–water partition coefficient (Wildman–Crippen LogP) is -0.617. The molecule has 0 atom stereocenters. The molecule has 0 spiro atoms. The van der Waals surface area contributed by atoms with Gasteiger partial charge in [-0.3, -0.25) is 4.98 Å². The number of carbonyl (C=O) groups excluding carboxylic acids is 1. The van der Waals surface area contributed by atoms with Gasteiger partial charge in [0.25, 0.3) is 0 Å². The lowest BCUT2D eigenvalue weighted by molar-refractivity contribution is 0.0595. The summed E-state index contributed by atoms with van der Waals surface area (Å²) in [5.41, 5.74) is 4.65. The van der Waals surface area contributed by atoms with Crippen LogP contribution in [0.25, 0.3) is 0 Å². The van der Waals surface area contributed by atoms with Crippen molar-refractivity contribution in [3.8, 4) is 0 Å². The number of ether oxygens (including phenoxy) is 1. The van der Waals surface area contributed by atoms with E-state index in [2.05, 4.69) is 9.72 Å². The SMILES string of the molecule is [B]c1nc(C(=O)OC)c(N)cc1F. The molecule has 6 heteroatoms. The average molecular weight is 180 g/mol.